The molecule has 1 saturated carbocycles. The number of ether oxygens (including phenoxy) is 1. The second kappa shape index (κ2) is 6.53. The molecule has 0 aromatic heterocycles. The first kappa shape index (κ1) is 13.8. The van der Waals surface area contributed by atoms with Gasteiger partial charge in [-0.15, -0.1) is 0 Å². The Morgan fingerprint density at radius 2 is 2.06 bits per heavy atom. The van der Waals surface area contributed by atoms with Crippen molar-refractivity contribution < 1.29 is 9.53 Å². The molecule has 0 aromatic carbocycles. The molecule has 1 atom stereocenters. The third-order valence-electron chi connectivity index (χ3n) is 4.32. The largest absolute Gasteiger partial charge is 0.378 e. The SMILES string of the molecule is NCC1(NC(=O)CCC2CCCO2)CCCCC1. The minimum absolute atomic E-state index is 0.119. The minimum Gasteiger partial charge on any atom is -0.378 e. The molecule has 1 unspecified atom stereocenters. The molecule has 4 heteroatoms. The maximum Gasteiger partial charge on any atom is 0.220 e. The van der Waals surface area contributed by atoms with Crippen LogP contribution < -0.4 is 11.1 Å². The molecule has 1 heterocycles. The van der Waals surface area contributed by atoms with Crippen molar-refractivity contribution in [2.75, 3.05) is 13.2 Å². The summed E-state index contributed by atoms with van der Waals surface area (Å²) in [5, 5.41) is 3.19. The number of carbonyl (C=O) groups excluding carboxylic acids is 1. The summed E-state index contributed by atoms with van der Waals surface area (Å²) in [6, 6.07) is 0. The van der Waals surface area contributed by atoms with Crippen LogP contribution in [0.5, 0.6) is 0 Å². The molecule has 104 valence electrons. The van der Waals surface area contributed by atoms with E-state index in [0.29, 0.717) is 19.1 Å². The quantitative estimate of drug-likeness (QED) is 0.785. The number of hydrogen-bond acceptors (Lipinski definition) is 3. The number of rotatable bonds is 5. The Labute approximate surface area is 110 Å². The Hall–Kier alpha value is -0.610. The van der Waals surface area contributed by atoms with Gasteiger partial charge in [-0.3, -0.25) is 4.79 Å². The average molecular weight is 254 g/mol. The fourth-order valence-electron chi connectivity index (χ4n) is 3.13. The van der Waals surface area contributed by atoms with Gasteiger partial charge in [0.05, 0.1) is 11.6 Å². The zero-order valence-corrected chi connectivity index (χ0v) is 11.2. The number of hydrogen-bond donors (Lipinski definition) is 2. The van der Waals surface area contributed by atoms with Crippen molar-refractivity contribution in [1.82, 2.24) is 5.32 Å². The van der Waals surface area contributed by atoms with Crippen LogP contribution in [0.25, 0.3) is 0 Å². The van der Waals surface area contributed by atoms with Crippen LogP contribution in [0.2, 0.25) is 0 Å². The van der Waals surface area contributed by atoms with E-state index in [1.165, 1.54) is 19.3 Å². The zero-order valence-electron chi connectivity index (χ0n) is 11.2. The van der Waals surface area contributed by atoms with Gasteiger partial charge in [0.15, 0.2) is 0 Å². The predicted octanol–water partition coefficient (Wildman–Crippen LogP) is 1.72. The van der Waals surface area contributed by atoms with Gasteiger partial charge >= 0.3 is 0 Å². The van der Waals surface area contributed by atoms with Crippen molar-refractivity contribution in [1.29, 1.82) is 0 Å². The van der Waals surface area contributed by atoms with E-state index in [2.05, 4.69) is 5.32 Å². The van der Waals surface area contributed by atoms with Gasteiger partial charge in [-0.2, -0.15) is 0 Å². The third kappa shape index (κ3) is 3.69. The normalized spacial score (nSPS) is 27.1. The first-order valence-electron chi connectivity index (χ1n) is 7.37. The third-order valence-corrected chi connectivity index (χ3v) is 4.32. The number of nitrogens with two attached hydrogens (primary N) is 1. The fraction of sp³-hybridized carbons (Fsp3) is 0.929. The molecule has 2 rings (SSSR count). The van der Waals surface area contributed by atoms with Gasteiger partial charge in [0.1, 0.15) is 0 Å². The molecule has 1 saturated heterocycles. The molecule has 1 amide bonds. The molecule has 18 heavy (non-hydrogen) atoms. The maximum absolute atomic E-state index is 12.0. The summed E-state index contributed by atoms with van der Waals surface area (Å²) in [5.41, 5.74) is 5.75. The van der Waals surface area contributed by atoms with Crippen LogP contribution >= 0.6 is 0 Å². The van der Waals surface area contributed by atoms with Gasteiger partial charge in [-0.05, 0) is 32.1 Å². The standard InChI is InChI=1S/C14H26N2O2/c15-11-14(8-2-1-3-9-14)16-13(17)7-6-12-5-4-10-18-12/h12H,1-11,15H2,(H,16,17). The van der Waals surface area contributed by atoms with Gasteiger partial charge in [0, 0.05) is 19.6 Å². The van der Waals surface area contributed by atoms with Crippen molar-refractivity contribution in [2.24, 2.45) is 5.73 Å². The zero-order chi connectivity index (χ0) is 12.8. The molecule has 2 fully saturated rings. The first-order chi connectivity index (χ1) is 8.74. The summed E-state index contributed by atoms with van der Waals surface area (Å²) < 4.78 is 5.54. The maximum atomic E-state index is 12.0. The van der Waals surface area contributed by atoms with Gasteiger partial charge in [-0.25, -0.2) is 0 Å². The summed E-state index contributed by atoms with van der Waals surface area (Å²) >= 11 is 0. The summed E-state index contributed by atoms with van der Waals surface area (Å²) in [7, 11) is 0. The lowest BCUT2D eigenvalue weighted by Gasteiger charge is -2.37. The lowest BCUT2D eigenvalue weighted by molar-refractivity contribution is -0.124. The Balaban J connectivity index is 1.74. The molecular weight excluding hydrogens is 228 g/mol. The van der Waals surface area contributed by atoms with Crippen LogP contribution in [-0.2, 0) is 9.53 Å². The minimum atomic E-state index is -0.119. The lowest BCUT2D eigenvalue weighted by atomic mass is 9.81. The molecule has 1 aliphatic heterocycles. The molecule has 0 radical (unpaired) electrons. The van der Waals surface area contributed by atoms with Crippen LogP contribution in [0, 0.1) is 0 Å². The second-order valence-corrected chi connectivity index (χ2v) is 5.77. The Kier molecular flexibility index (Phi) is 5.01. The van der Waals surface area contributed by atoms with E-state index in [1.807, 2.05) is 0 Å². The van der Waals surface area contributed by atoms with Crippen molar-refractivity contribution in [3.63, 3.8) is 0 Å². The molecule has 1 aliphatic carbocycles. The topological polar surface area (TPSA) is 64.3 Å². The smallest absolute Gasteiger partial charge is 0.220 e. The molecular formula is C14H26N2O2. The molecule has 0 aromatic rings. The average Bonchev–Trinajstić information content (AvgIpc) is 2.91. The van der Waals surface area contributed by atoms with Gasteiger partial charge in [0.25, 0.3) is 0 Å². The number of amides is 1. The van der Waals surface area contributed by atoms with Gasteiger partial charge in [0.2, 0.25) is 5.91 Å². The fourth-order valence-corrected chi connectivity index (χ4v) is 3.13. The van der Waals surface area contributed by atoms with E-state index in [4.69, 9.17) is 10.5 Å². The van der Waals surface area contributed by atoms with E-state index in [9.17, 15) is 4.79 Å². The highest BCUT2D eigenvalue weighted by Crippen LogP contribution is 2.27. The second-order valence-electron chi connectivity index (χ2n) is 5.77. The van der Waals surface area contributed by atoms with Crippen LogP contribution in [0.3, 0.4) is 0 Å². The Morgan fingerprint density at radius 3 is 2.67 bits per heavy atom. The van der Waals surface area contributed by atoms with E-state index < -0.39 is 0 Å². The monoisotopic (exact) mass is 254 g/mol. The van der Waals surface area contributed by atoms with Crippen molar-refractivity contribution in [3.8, 4) is 0 Å². The van der Waals surface area contributed by atoms with E-state index in [-0.39, 0.29) is 11.4 Å². The van der Waals surface area contributed by atoms with Crippen molar-refractivity contribution in [3.05, 3.63) is 0 Å². The van der Waals surface area contributed by atoms with E-state index in [1.54, 1.807) is 0 Å². The highest BCUT2D eigenvalue weighted by molar-refractivity contribution is 5.76. The molecule has 0 bridgehead atoms. The van der Waals surface area contributed by atoms with Gasteiger partial charge < -0.3 is 15.8 Å². The number of carbonyl (C=O) groups is 1. The first-order valence-corrected chi connectivity index (χ1v) is 7.37. The molecule has 4 nitrogen and oxygen atoms in total. The van der Waals surface area contributed by atoms with Crippen LogP contribution in [-0.4, -0.2) is 30.7 Å². The van der Waals surface area contributed by atoms with Crippen LogP contribution in [0.15, 0.2) is 0 Å². The summed E-state index contributed by atoms with van der Waals surface area (Å²) in [4.78, 5) is 12.0. The summed E-state index contributed by atoms with van der Waals surface area (Å²) in [5.74, 6) is 0.151. The molecule has 0 spiro atoms. The number of nitrogens with one attached hydrogen (secondary N) is 1. The highest BCUT2D eigenvalue weighted by Gasteiger charge is 2.32. The van der Waals surface area contributed by atoms with E-state index in [0.717, 1.165) is 38.7 Å². The molecule has 2 aliphatic rings. The van der Waals surface area contributed by atoms with Crippen molar-refractivity contribution >= 4 is 5.91 Å². The van der Waals surface area contributed by atoms with Gasteiger partial charge in [-0.1, -0.05) is 19.3 Å². The predicted molar refractivity (Wildman–Crippen MR) is 71.2 cm³/mol. The van der Waals surface area contributed by atoms with Crippen LogP contribution in [0.1, 0.15) is 57.8 Å². The highest BCUT2D eigenvalue weighted by atomic mass is 16.5. The lowest BCUT2D eigenvalue weighted by Crippen LogP contribution is -2.54. The molecule has 3 N–H and O–H groups in total. The van der Waals surface area contributed by atoms with Crippen molar-refractivity contribution in [2.45, 2.75) is 69.4 Å². The van der Waals surface area contributed by atoms with Crippen LogP contribution in [0.4, 0.5) is 0 Å². The Morgan fingerprint density at radius 1 is 1.28 bits per heavy atom. The summed E-state index contributed by atoms with van der Waals surface area (Å²) in [6.07, 6.45) is 9.69. The summed E-state index contributed by atoms with van der Waals surface area (Å²) in [6.45, 7) is 1.43. The van der Waals surface area contributed by atoms with E-state index >= 15 is 0 Å². The Bertz CT molecular complexity index is 269.